The summed E-state index contributed by atoms with van der Waals surface area (Å²) >= 11 is 0. The van der Waals surface area contributed by atoms with E-state index in [9.17, 15) is 18.5 Å². The van der Waals surface area contributed by atoms with Gasteiger partial charge in [-0.05, 0) is 25.8 Å². The van der Waals surface area contributed by atoms with Crippen LogP contribution in [-0.4, -0.2) is 25.9 Å². The molecule has 0 bridgehead atoms. The Kier molecular flexibility index (Phi) is 3.46. The predicted octanol–water partition coefficient (Wildman–Crippen LogP) is 1.20. The van der Waals surface area contributed by atoms with Crippen LogP contribution in [0.1, 0.15) is 19.4 Å². The minimum absolute atomic E-state index is 0.106. The summed E-state index contributed by atoms with van der Waals surface area (Å²) in [5.41, 5.74) is 1.09. The smallest absolute Gasteiger partial charge is 0.258 e. The summed E-state index contributed by atoms with van der Waals surface area (Å²) in [6.07, 6.45) is 0.562. The van der Waals surface area contributed by atoms with E-state index in [0.717, 1.165) is 5.56 Å². The van der Waals surface area contributed by atoms with Gasteiger partial charge < -0.3 is 0 Å². The summed E-state index contributed by atoms with van der Waals surface area (Å²) in [5, 5.41) is 10.8. The van der Waals surface area contributed by atoms with Crippen LogP contribution in [0.3, 0.4) is 0 Å². The molecule has 1 aliphatic heterocycles. The third kappa shape index (κ3) is 2.69. The third-order valence-corrected chi connectivity index (χ3v) is 4.54. The largest absolute Gasteiger partial charge is 0.301 e. The van der Waals surface area contributed by atoms with E-state index in [4.69, 9.17) is 0 Å². The number of hydrogen-bond donors (Lipinski definition) is 1. The van der Waals surface area contributed by atoms with Gasteiger partial charge in [-0.25, -0.2) is 0 Å². The van der Waals surface area contributed by atoms with Crippen molar-refractivity contribution in [1.29, 1.82) is 0 Å². The Labute approximate surface area is 111 Å². The quantitative estimate of drug-likeness (QED) is 0.664. The number of hydrogen-bond acceptors (Lipinski definition) is 4. The molecular formula is C11H15N3O4S. The van der Waals surface area contributed by atoms with E-state index >= 15 is 0 Å². The monoisotopic (exact) mass is 285 g/mol. The van der Waals surface area contributed by atoms with Crippen LogP contribution in [0.4, 0.5) is 11.4 Å². The molecule has 0 radical (unpaired) electrons. The number of rotatable bonds is 4. The zero-order valence-corrected chi connectivity index (χ0v) is 11.5. The Balaban J connectivity index is 2.40. The predicted molar refractivity (Wildman–Crippen MR) is 71.3 cm³/mol. The summed E-state index contributed by atoms with van der Waals surface area (Å²) in [5.74, 6) is 0. The van der Waals surface area contributed by atoms with Crippen LogP contribution in [0, 0.1) is 10.1 Å². The average Bonchev–Trinajstić information content (AvgIpc) is 2.69. The lowest BCUT2D eigenvalue weighted by molar-refractivity contribution is -0.384. The molecule has 0 amide bonds. The number of nitro benzene ring substituents is 1. The van der Waals surface area contributed by atoms with Gasteiger partial charge in [0.25, 0.3) is 5.69 Å². The highest BCUT2D eigenvalue weighted by atomic mass is 32.2. The molecule has 1 aromatic rings. The molecule has 19 heavy (non-hydrogen) atoms. The minimum Gasteiger partial charge on any atom is -0.258 e. The van der Waals surface area contributed by atoms with Crippen molar-refractivity contribution in [2.24, 2.45) is 0 Å². The number of fused-ring (bicyclic) bond motifs is 1. The lowest BCUT2D eigenvalue weighted by Crippen LogP contribution is -2.42. The van der Waals surface area contributed by atoms with Crippen molar-refractivity contribution in [3.8, 4) is 0 Å². The first-order valence-corrected chi connectivity index (χ1v) is 7.32. The fourth-order valence-electron chi connectivity index (χ4n) is 2.06. The van der Waals surface area contributed by atoms with Crippen molar-refractivity contribution < 1.29 is 13.3 Å². The molecule has 7 nitrogen and oxygen atoms in total. The number of anilines is 1. The van der Waals surface area contributed by atoms with Crippen LogP contribution in [0.2, 0.25) is 0 Å². The van der Waals surface area contributed by atoms with Gasteiger partial charge in [0.15, 0.2) is 0 Å². The lowest BCUT2D eigenvalue weighted by atomic mass is 10.1. The first-order chi connectivity index (χ1) is 8.81. The van der Waals surface area contributed by atoms with Gasteiger partial charge in [0.1, 0.15) is 0 Å². The van der Waals surface area contributed by atoms with E-state index in [2.05, 4.69) is 4.72 Å². The molecule has 0 atom stereocenters. The van der Waals surface area contributed by atoms with E-state index in [1.54, 1.807) is 19.9 Å². The van der Waals surface area contributed by atoms with Crippen LogP contribution < -0.4 is 9.03 Å². The summed E-state index contributed by atoms with van der Waals surface area (Å²) in [7, 11) is -3.65. The average molecular weight is 285 g/mol. The van der Waals surface area contributed by atoms with Gasteiger partial charge in [-0.3, -0.25) is 14.4 Å². The number of benzene rings is 1. The highest BCUT2D eigenvalue weighted by Gasteiger charge is 2.31. The van der Waals surface area contributed by atoms with Gasteiger partial charge in [-0.15, -0.1) is 0 Å². The van der Waals surface area contributed by atoms with Crippen LogP contribution in [0.5, 0.6) is 0 Å². The molecule has 1 aliphatic rings. The Hall–Kier alpha value is -1.67. The fourth-order valence-corrected chi connectivity index (χ4v) is 3.55. The highest BCUT2D eigenvalue weighted by molar-refractivity contribution is 7.90. The number of nitrogens with zero attached hydrogens (tertiary/aromatic N) is 2. The molecule has 1 heterocycles. The second-order valence-electron chi connectivity index (χ2n) is 4.67. The normalized spacial score (nSPS) is 14.8. The highest BCUT2D eigenvalue weighted by Crippen LogP contribution is 2.33. The Bertz CT molecular complexity index is 612. The molecule has 0 saturated carbocycles. The Morgan fingerprint density at radius 1 is 1.42 bits per heavy atom. The fraction of sp³-hybridized carbons (Fsp3) is 0.455. The Morgan fingerprint density at radius 2 is 2.11 bits per heavy atom. The maximum Gasteiger partial charge on any atom is 0.301 e. The zero-order chi connectivity index (χ0) is 14.2. The second-order valence-corrected chi connectivity index (χ2v) is 6.30. The molecule has 0 unspecified atom stereocenters. The SMILES string of the molecule is CC(C)NS(=O)(=O)N1CCc2ccc([N+](=O)[O-])cc21. The maximum atomic E-state index is 12.1. The summed E-state index contributed by atoms with van der Waals surface area (Å²) in [4.78, 5) is 10.2. The molecule has 0 fully saturated rings. The molecule has 104 valence electrons. The van der Waals surface area contributed by atoms with Gasteiger partial charge in [-0.1, -0.05) is 6.07 Å². The topological polar surface area (TPSA) is 92.6 Å². The van der Waals surface area contributed by atoms with Crippen molar-refractivity contribution in [1.82, 2.24) is 4.72 Å². The molecule has 1 aromatic carbocycles. The molecule has 2 rings (SSSR count). The summed E-state index contributed by atoms with van der Waals surface area (Å²) < 4.78 is 27.9. The maximum absolute atomic E-state index is 12.1. The van der Waals surface area contributed by atoms with Gasteiger partial charge in [0, 0.05) is 24.7 Å². The van der Waals surface area contributed by atoms with Crippen molar-refractivity contribution >= 4 is 21.6 Å². The van der Waals surface area contributed by atoms with E-state index in [1.165, 1.54) is 16.4 Å². The van der Waals surface area contributed by atoms with Gasteiger partial charge in [0.05, 0.1) is 10.6 Å². The lowest BCUT2D eigenvalue weighted by Gasteiger charge is -2.21. The van der Waals surface area contributed by atoms with Crippen LogP contribution in [0.25, 0.3) is 0 Å². The van der Waals surface area contributed by atoms with Gasteiger partial charge in [-0.2, -0.15) is 13.1 Å². The van der Waals surface area contributed by atoms with Crippen molar-refractivity contribution in [2.45, 2.75) is 26.3 Å². The van der Waals surface area contributed by atoms with Crippen molar-refractivity contribution in [3.63, 3.8) is 0 Å². The Morgan fingerprint density at radius 3 is 2.68 bits per heavy atom. The van der Waals surface area contributed by atoms with Gasteiger partial charge >= 0.3 is 10.2 Å². The second kappa shape index (κ2) is 4.78. The van der Waals surface area contributed by atoms with Crippen molar-refractivity contribution in [3.05, 3.63) is 33.9 Å². The first kappa shape index (κ1) is 13.8. The van der Waals surface area contributed by atoms with E-state index < -0.39 is 15.1 Å². The minimum atomic E-state index is -3.65. The molecular weight excluding hydrogens is 270 g/mol. The molecule has 0 aliphatic carbocycles. The van der Waals surface area contributed by atoms with E-state index in [-0.39, 0.29) is 11.7 Å². The van der Waals surface area contributed by atoms with E-state index in [0.29, 0.717) is 18.7 Å². The van der Waals surface area contributed by atoms with Crippen LogP contribution in [0.15, 0.2) is 18.2 Å². The molecule has 0 spiro atoms. The summed E-state index contributed by atoms with van der Waals surface area (Å²) in [6.45, 7) is 3.75. The first-order valence-electron chi connectivity index (χ1n) is 5.88. The molecule has 0 saturated heterocycles. The summed E-state index contributed by atoms with van der Waals surface area (Å²) in [6, 6.07) is 4.08. The van der Waals surface area contributed by atoms with Crippen LogP contribution >= 0.6 is 0 Å². The standard InChI is InChI=1S/C11H15N3O4S/c1-8(2)12-19(17,18)13-6-5-9-3-4-10(14(15)16)7-11(9)13/h3-4,7-8,12H,5-6H2,1-2H3. The molecule has 8 heteroatoms. The zero-order valence-electron chi connectivity index (χ0n) is 10.7. The number of nitro groups is 1. The number of nitrogens with one attached hydrogen (secondary N) is 1. The van der Waals surface area contributed by atoms with Gasteiger partial charge in [0.2, 0.25) is 0 Å². The molecule has 0 aromatic heterocycles. The molecule has 1 N–H and O–H groups in total. The van der Waals surface area contributed by atoms with Crippen LogP contribution in [-0.2, 0) is 16.6 Å². The third-order valence-electron chi connectivity index (χ3n) is 2.81. The van der Waals surface area contributed by atoms with Crippen molar-refractivity contribution in [2.75, 3.05) is 10.8 Å². The number of non-ortho nitro benzene ring substituents is 1. The van der Waals surface area contributed by atoms with E-state index in [1.807, 2.05) is 0 Å².